The van der Waals surface area contributed by atoms with E-state index >= 15 is 0 Å². The molecule has 0 aliphatic carbocycles. The van der Waals surface area contributed by atoms with E-state index in [0.717, 1.165) is 36.5 Å². The van der Waals surface area contributed by atoms with Crippen molar-refractivity contribution in [2.24, 2.45) is 0 Å². The Hall–Kier alpha value is -0.800. The van der Waals surface area contributed by atoms with Gasteiger partial charge in [-0.2, -0.15) is 0 Å². The van der Waals surface area contributed by atoms with Crippen molar-refractivity contribution in [3.8, 4) is 0 Å². The zero-order valence-corrected chi connectivity index (χ0v) is 13.3. The summed E-state index contributed by atoms with van der Waals surface area (Å²) in [5.74, 6) is 1.95. The van der Waals surface area contributed by atoms with Crippen LogP contribution in [-0.2, 0) is 17.9 Å². The third kappa shape index (κ3) is 6.26. The minimum Gasteiger partial charge on any atom is -0.465 e. The Morgan fingerprint density at radius 1 is 1.37 bits per heavy atom. The molecule has 0 bridgehead atoms. The molecule has 0 aliphatic heterocycles. The zero-order valence-electron chi connectivity index (χ0n) is 13.3. The Balaban J connectivity index is 2.49. The van der Waals surface area contributed by atoms with Crippen LogP contribution < -0.4 is 5.32 Å². The molecule has 0 aromatic carbocycles. The Kier molecular flexibility index (Phi) is 6.08. The van der Waals surface area contributed by atoms with Gasteiger partial charge in [0, 0.05) is 11.1 Å². The van der Waals surface area contributed by atoms with Crippen LogP contribution in [0.3, 0.4) is 0 Å². The fraction of sp³-hybridized carbons (Fsp3) is 0.750. The average molecular weight is 267 g/mol. The van der Waals surface area contributed by atoms with Crippen molar-refractivity contribution >= 4 is 0 Å². The number of hydrogen-bond acceptors (Lipinski definition) is 3. The van der Waals surface area contributed by atoms with E-state index < -0.39 is 0 Å². The van der Waals surface area contributed by atoms with Gasteiger partial charge in [0.2, 0.25) is 0 Å². The van der Waals surface area contributed by atoms with E-state index in [2.05, 4.69) is 46.0 Å². The van der Waals surface area contributed by atoms with E-state index in [1.165, 1.54) is 0 Å². The molecule has 1 rings (SSSR count). The predicted octanol–water partition coefficient (Wildman–Crippen LogP) is 4.18. The maximum absolute atomic E-state index is 5.83. The zero-order chi connectivity index (χ0) is 14.5. The third-order valence-electron chi connectivity index (χ3n) is 3.08. The first-order valence-corrected chi connectivity index (χ1v) is 7.26. The summed E-state index contributed by atoms with van der Waals surface area (Å²) in [5, 5.41) is 3.43. The van der Waals surface area contributed by atoms with Crippen molar-refractivity contribution in [2.75, 3.05) is 0 Å². The topological polar surface area (TPSA) is 34.4 Å². The van der Waals surface area contributed by atoms with Crippen LogP contribution in [0, 0.1) is 6.92 Å². The summed E-state index contributed by atoms with van der Waals surface area (Å²) >= 11 is 0. The smallest absolute Gasteiger partial charge is 0.118 e. The Morgan fingerprint density at radius 2 is 2.05 bits per heavy atom. The van der Waals surface area contributed by atoms with E-state index in [4.69, 9.17) is 9.15 Å². The second kappa shape index (κ2) is 7.11. The monoisotopic (exact) mass is 267 g/mol. The third-order valence-corrected chi connectivity index (χ3v) is 3.08. The first kappa shape index (κ1) is 16.3. The minimum absolute atomic E-state index is 0.104. The van der Waals surface area contributed by atoms with E-state index in [1.807, 2.05) is 6.92 Å². The molecule has 1 aromatic rings. The molecule has 1 heterocycles. The molecular formula is C16H29NO2. The molecule has 0 radical (unpaired) electrons. The molecule has 3 heteroatoms. The van der Waals surface area contributed by atoms with Crippen LogP contribution in [0.25, 0.3) is 0 Å². The first-order chi connectivity index (χ1) is 8.81. The highest BCUT2D eigenvalue weighted by Gasteiger charge is 2.13. The molecule has 1 unspecified atom stereocenters. The SMILES string of the molecule is CCCC(C)OCc1cc(CNC(C)(C)C)oc1C. The van der Waals surface area contributed by atoms with Crippen LogP contribution in [0.1, 0.15) is 64.5 Å². The number of hydrogen-bond donors (Lipinski definition) is 1. The summed E-state index contributed by atoms with van der Waals surface area (Å²) in [6.07, 6.45) is 2.58. The van der Waals surface area contributed by atoms with Crippen LogP contribution >= 0.6 is 0 Å². The number of aryl methyl sites for hydroxylation is 1. The van der Waals surface area contributed by atoms with E-state index in [-0.39, 0.29) is 5.54 Å². The molecule has 1 aromatic heterocycles. The predicted molar refractivity (Wildman–Crippen MR) is 79.2 cm³/mol. The van der Waals surface area contributed by atoms with Crippen LogP contribution in [0.2, 0.25) is 0 Å². The van der Waals surface area contributed by atoms with Gasteiger partial charge < -0.3 is 14.5 Å². The second-order valence-electron chi connectivity index (χ2n) is 6.31. The van der Waals surface area contributed by atoms with Gasteiger partial charge in [0.25, 0.3) is 0 Å². The molecule has 0 saturated heterocycles. The van der Waals surface area contributed by atoms with Crippen LogP contribution in [0.5, 0.6) is 0 Å². The maximum Gasteiger partial charge on any atom is 0.118 e. The van der Waals surface area contributed by atoms with Gasteiger partial charge in [-0.05, 0) is 47.1 Å². The molecule has 3 nitrogen and oxygen atoms in total. The fourth-order valence-corrected chi connectivity index (χ4v) is 1.89. The van der Waals surface area contributed by atoms with Gasteiger partial charge in [0.05, 0.1) is 19.3 Å². The lowest BCUT2D eigenvalue weighted by Gasteiger charge is -2.19. The normalized spacial score (nSPS) is 13.8. The molecular weight excluding hydrogens is 238 g/mol. The highest BCUT2D eigenvalue weighted by atomic mass is 16.5. The number of nitrogens with one attached hydrogen (secondary N) is 1. The summed E-state index contributed by atoms with van der Waals surface area (Å²) in [6, 6.07) is 2.10. The van der Waals surface area contributed by atoms with Crippen molar-refractivity contribution < 1.29 is 9.15 Å². The lowest BCUT2D eigenvalue weighted by Crippen LogP contribution is -2.34. The van der Waals surface area contributed by atoms with Crippen molar-refractivity contribution in [1.82, 2.24) is 5.32 Å². The summed E-state index contributed by atoms with van der Waals surface area (Å²) in [4.78, 5) is 0. The molecule has 1 atom stereocenters. The van der Waals surface area contributed by atoms with Crippen molar-refractivity contribution in [3.05, 3.63) is 23.2 Å². The summed E-state index contributed by atoms with van der Waals surface area (Å²) in [6.45, 7) is 14.2. The first-order valence-electron chi connectivity index (χ1n) is 7.26. The Morgan fingerprint density at radius 3 is 2.63 bits per heavy atom. The average Bonchev–Trinajstić information content (AvgIpc) is 2.64. The van der Waals surface area contributed by atoms with E-state index in [9.17, 15) is 0 Å². The van der Waals surface area contributed by atoms with Crippen LogP contribution in [0.4, 0.5) is 0 Å². The molecule has 0 fully saturated rings. The highest BCUT2D eigenvalue weighted by molar-refractivity contribution is 5.20. The molecule has 0 spiro atoms. The van der Waals surface area contributed by atoms with Crippen molar-refractivity contribution in [1.29, 1.82) is 0 Å². The summed E-state index contributed by atoms with van der Waals surface area (Å²) < 4.78 is 11.6. The van der Waals surface area contributed by atoms with E-state index in [0.29, 0.717) is 12.7 Å². The summed E-state index contributed by atoms with van der Waals surface area (Å²) in [5.41, 5.74) is 1.26. The van der Waals surface area contributed by atoms with Gasteiger partial charge in [0.15, 0.2) is 0 Å². The lowest BCUT2D eigenvalue weighted by molar-refractivity contribution is 0.0465. The van der Waals surface area contributed by atoms with Crippen molar-refractivity contribution in [3.63, 3.8) is 0 Å². The standard InChI is InChI=1S/C16H29NO2/c1-7-8-12(2)18-11-14-9-15(19-13(14)3)10-17-16(4,5)6/h9,12,17H,7-8,10-11H2,1-6H3. The largest absolute Gasteiger partial charge is 0.465 e. The number of furan rings is 1. The molecule has 0 amide bonds. The Bertz CT molecular complexity index is 377. The molecule has 110 valence electrons. The molecule has 0 aliphatic rings. The quantitative estimate of drug-likeness (QED) is 0.804. The Labute approximate surface area is 117 Å². The van der Waals surface area contributed by atoms with Crippen molar-refractivity contribution in [2.45, 2.75) is 79.2 Å². The molecule has 0 saturated carbocycles. The number of rotatable bonds is 7. The minimum atomic E-state index is 0.104. The van der Waals surface area contributed by atoms with Gasteiger partial charge in [-0.1, -0.05) is 13.3 Å². The lowest BCUT2D eigenvalue weighted by atomic mass is 10.1. The summed E-state index contributed by atoms with van der Waals surface area (Å²) in [7, 11) is 0. The van der Waals surface area contributed by atoms with Gasteiger partial charge >= 0.3 is 0 Å². The van der Waals surface area contributed by atoms with Gasteiger partial charge in [-0.15, -0.1) is 0 Å². The highest BCUT2D eigenvalue weighted by Crippen LogP contribution is 2.17. The van der Waals surface area contributed by atoms with Crippen LogP contribution in [0.15, 0.2) is 10.5 Å². The molecule has 1 N–H and O–H groups in total. The number of ether oxygens (including phenoxy) is 1. The van der Waals surface area contributed by atoms with Gasteiger partial charge in [-0.25, -0.2) is 0 Å². The second-order valence-corrected chi connectivity index (χ2v) is 6.31. The van der Waals surface area contributed by atoms with Crippen LogP contribution in [-0.4, -0.2) is 11.6 Å². The maximum atomic E-state index is 5.83. The van der Waals surface area contributed by atoms with E-state index in [1.54, 1.807) is 0 Å². The van der Waals surface area contributed by atoms with Gasteiger partial charge in [0.1, 0.15) is 11.5 Å². The molecule has 19 heavy (non-hydrogen) atoms. The fourth-order valence-electron chi connectivity index (χ4n) is 1.89. The van der Waals surface area contributed by atoms with Gasteiger partial charge in [-0.3, -0.25) is 0 Å².